The summed E-state index contributed by atoms with van der Waals surface area (Å²) in [7, 11) is 0. The Balaban J connectivity index is 2.34. The molecule has 74 valence electrons. The highest BCUT2D eigenvalue weighted by molar-refractivity contribution is 8.14. The fraction of sp³-hybridized carbons (Fsp3) is 0.364. The molecule has 1 nitrogen and oxygen atoms in total. The summed E-state index contributed by atoms with van der Waals surface area (Å²) in [4.78, 5) is 4.49. The lowest BCUT2D eigenvalue weighted by atomic mass is 10.1. The molecule has 1 aliphatic heterocycles. The van der Waals surface area contributed by atoms with Gasteiger partial charge in [-0.15, -0.1) is 11.8 Å². The van der Waals surface area contributed by atoms with Crippen LogP contribution in [0.15, 0.2) is 23.2 Å². The highest BCUT2D eigenvalue weighted by atomic mass is 32.2. The molecule has 0 radical (unpaired) electrons. The van der Waals surface area contributed by atoms with E-state index in [1.165, 1.54) is 6.07 Å². The monoisotopic (exact) mass is 209 g/mol. The Morgan fingerprint density at radius 1 is 1.50 bits per heavy atom. The van der Waals surface area contributed by atoms with E-state index in [4.69, 9.17) is 0 Å². The van der Waals surface area contributed by atoms with Gasteiger partial charge in [0.25, 0.3) is 0 Å². The van der Waals surface area contributed by atoms with Crippen LogP contribution >= 0.6 is 11.8 Å². The molecule has 0 amide bonds. The van der Waals surface area contributed by atoms with Crippen LogP contribution in [0, 0.1) is 12.7 Å². The minimum atomic E-state index is -0.148. The minimum Gasteiger partial charge on any atom is -0.274 e. The van der Waals surface area contributed by atoms with Gasteiger partial charge in [-0.1, -0.05) is 0 Å². The second-order valence-electron chi connectivity index (χ2n) is 3.56. The van der Waals surface area contributed by atoms with Gasteiger partial charge in [-0.25, -0.2) is 4.39 Å². The third kappa shape index (κ3) is 1.82. The Kier molecular flexibility index (Phi) is 2.59. The summed E-state index contributed by atoms with van der Waals surface area (Å²) in [5.74, 6) is 0.886. The van der Waals surface area contributed by atoms with Crippen LogP contribution in [0.4, 0.5) is 4.39 Å². The van der Waals surface area contributed by atoms with Crippen molar-refractivity contribution in [3.05, 3.63) is 35.1 Å². The van der Waals surface area contributed by atoms with Crippen molar-refractivity contribution >= 4 is 16.8 Å². The maximum absolute atomic E-state index is 13.0. The van der Waals surface area contributed by atoms with E-state index in [0.717, 1.165) is 16.4 Å². The van der Waals surface area contributed by atoms with Crippen molar-refractivity contribution in [2.45, 2.75) is 19.9 Å². The van der Waals surface area contributed by atoms with Gasteiger partial charge in [-0.2, -0.15) is 0 Å². The van der Waals surface area contributed by atoms with E-state index in [1.54, 1.807) is 24.8 Å². The first kappa shape index (κ1) is 9.71. The zero-order valence-electron chi connectivity index (χ0n) is 8.25. The summed E-state index contributed by atoms with van der Waals surface area (Å²) in [5, 5.41) is 1.04. The van der Waals surface area contributed by atoms with Gasteiger partial charge in [0.15, 0.2) is 0 Å². The standard InChI is InChI=1S/C11H12FNS/c1-7-5-9(3-4-10(7)12)11-13-8(2)6-14-11/h3-5,8H,6H2,1-2H3/t8-/m1/s1. The van der Waals surface area contributed by atoms with Crippen LogP contribution in [-0.2, 0) is 0 Å². The van der Waals surface area contributed by atoms with E-state index < -0.39 is 0 Å². The topological polar surface area (TPSA) is 12.4 Å². The Bertz CT molecular complexity index is 387. The smallest absolute Gasteiger partial charge is 0.126 e. The third-order valence-electron chi connectivity index (χ3n) is 2.20. The van der Waals surface area contributed by atoms with Gasteiger partial charge in [0.1, 0.15) is 5.82 Å². The van der Waals surface area contributed by atoms with Crippen molar-refractivity contribution in [2.75, 3.05) is 5.75 Å². The maximum atomic E-state index is 13.0. The van der Waals surface area contributed by atoms with Gasteiger partial charge < -0.3 is 0 Å². The number of rotatable bonds is 1. The predicted molar refractivity (Wildman–Crippen MR) is 59.6 cm³/mol. The van der Waals surface area contributed by atoms with Crippen molar-refractivity contribution < 1.29 is 4.39 Å². The molecule has 0 saturated heterocycles. The van der Waals surface area contributed by atoms with E-state index in [1.807, 2.05) is 6.07 Å². The molecule has 0 bridgehead atoms. The molecular formula is C11H12FNS. The van der Waals surface area contributed by atoms with Crippen LogP contribution in [0.5, 0.6) is 0 Å². The summed E-state index contributed by atoms with van der Waals surface area (Å²) in [6, 6.07) is 5.56. The molecule has 0 spiro atoms. The van der Waals surface area contributed by atoms with Crippen LogP contribution in [0.3, 0.4) is 0 Å². The van der Waals surface area contributed by atoms with Gasteiger partial charge in [-0.05, 0) is 37.6 Å². The summed E-state index contributed by atoms with van der Waals surface area (Å²) < 4.78 is 13.0. The number of hydrogen-bond acceptors (Lipinski definition) is 2. The molecule has 14 heavy (non-hydrogen) atoms. The number of aryl methyl sites for hydroxylation is 1. The van der Waals surface area contributed by atoms with Crippen LogP contribution in [-0.4, -0.2) is 16.8 Å². The molecule has 1 heterocycles. The normalized spacial score (nSPS) is 21.1. The fourth-order valence-corrected chi connectivity index (χ4v) is 2.43. The summed E-state index contributed by atoms with van der Waals surface area (Å²) >= 11 is 1.75. The lowest BCUT2D eigenvalue weighted by Crippen LogP contribution is -1.94. The van der Waals surface area contributed by atoms with Gasteiger partial charge in [-0.3, -0.25) is 4.99 Å². The molecule has 1 aromatic carbocycles. The molecule has 1 aliphatic rings. The summed E-state index contributed by atoms with van der Waals surface area (Å²) in [6.45, 7) is 3.87. The highest BCUT2D eigenvalue weighted by Gasteiger charge is 2.15. The van der Waals surface area contributed by atoms with E-state index in [2.05, 4.69) is 11.9 Å². The van der Waals surface area contributed by atoms with Gasteiger partial charge >= 0.3 is 0 Å². The lowest BCUT2D eigenvalue weighted by molar-refractivity contribution is 0.618. The largest absolute Gasteiger partial charge is 0.274 e. The first-order valence-corrected chi connectivity index (χ1v) is 5.62. The predicted octanol–water partition coefficient (Wildman–Crippen LogP) is 3.02. The quantitative estimate of drug-likeness (QED) is 0.692. The van der Waals surface area contributed by atoms with Gasteiger partial charge in [0.2, 0.25) is 0 Å². The molecule has 0 saturated carbocycles. The molecule has 0 fully saturated rings. The van der Waals surface area contributed by atoms with E-state index in [9.17, 15) is 4.39 Å². The van der Waals surface area contributed by atoms with E-state index in [0.29, 0.717) is 11.6 Å². The summed E-state index contributed by atoms with van der Waals surface area (Å²) in [5.41, 5.74) is 1.73. The molecular weight excluding hydrogens is 197 g/mol. The van der Waals surface area contributed by atoms with Gasteiger partial charge in [0.05, 0.1) is 11.1 Å². The zero-order chi connectivity index (χ0) is 10.1. The number of aliphatic imine (C=N–C) groups is 1. The lowest BCUT2D eigenvalue weighted by Gasteiger charge is -2.01. The fourth-order valence-electron chi connectivity index (χ4n) is 1.41. The second-order valence-corrected chi connectivity index (χ2v) is 4.57. The average molecular weight is 209 g/mol. The van der Waals surface area contributed by atoms with Crippen molar-refractivity contribution in [1.29, 1.82) is 0 Å². The summed E-state index contributed by atoms with van der Waals surface area (Å²) in [6.07, 6.45) is 0. The second kappa shape index (κ2) is 3.73. The molecule has 0 unspecified atom stereocenters. The third-order valence-corrected chi connectivity index (χ3v) is 3.47. The number of nitrogens with zero attached hydrogens (tertiary/aromatic N) is 1. The Morgan fingerprint density at radius 2 is 2.29 bits per heavy atom. The van der Waals surface area contributed by atoms with E-state index in [-0.39, 0.29) is 5.82 Å². The van der Waals surface area contributed by atoms with Crippen molar-refractivity contribution in [1.82, 2.24) is 0 Å². The molecule has 0 N–H and O–H groups in total. The number of thioether (sulfide) groups is 1. The van der Waals surface area contributed by atoms with Crippen molar-refractivity contribution in [3.8, 4) is 0 Å². The van der Waals surface area contributed by atoms with Crippen molar-refractivity contribution in [2.24, 2.45) is 4.99 Å². The Labute approximate surface area is 87.4 Å². The first-order chi connectivity index (χ1) is 6.66. The van der Waals surface area contributed by atoms with Crippen LogP contribution in [0.25, 0.3) is 0 Å². The molecule has 1 atom stereocenters. The minimum absolute atomic E-state index is 0.148. The maximum Gasteiger partial charge on any atom is 0.126 e. The molecule has 2 rings (SSSR count). The molecule has 0 aliphatic carbocycles. The SMILES string of the molecule is Cc1cc(C2=N[C@H](C)CS2)ccc1F. The van der Waals surface area contributed by atoms with E-state index >= 15 is 0 Å². The Morgan fingerprint density at radius 3 is 2.86 bits per heavy atom. The molecule has 1 aromatic rings. The average Bonchev–Trinajstić information content (AvgIpc) is 2.57. The number of benzene rings is 1. The van der Waals surface area contributed by atoms with Crippen molar-refractivity contribution in [3.63, 3.8) is 0 Å². The molecule has 0 aromatic heterocycles. The van der Waals surface area contributed by atoms with Crippen LogP contribution < -0.4 is 0 Å². The number of halogens is 1. The van der Waals surface area contributed by atoms with Gasteiger partial charge in [0, 0.05) is 11.3 Å². The van der Waals surface area contributed by atoms with Crippen LogP contribution in [0.1, 0.15) is 18.1 Å². The molecule has 3 heteroatoms. The van der Waals surface area contributed by atoms with Crippen LogP contribution in [0.2, 0.25) is 0 Å². The Hall–Kier alpha value is -0.830. The number of hydrogen-bond donors (Lipinski definition) is 0. The first-order valence-electron chi connectivity index (χ1n) is 4.64. The zero-order valence-corrected chi connectivity index (χ0v) is 9.07. The highest BCUT2D eigenvalue weighted by Crippen LogP contribution is 2.24.